The molecule has 0 aliphatic rings. The lowest BCUT2D eigenvalue weighted by molar-refractivity contribution is -0.179. The van der Waals surface area contributed by atoms with E-state index in [4.69, 9.17) is 0 Å². The number of amides is 1. The van der Waals surface area contributed by atoms with E-state index in [1.807, 2.05) is 0 Å². The molecule has 0 aromatic rings. The Kier molecular flexibility index (Phi) is 5.25. The van der Waals surface area contributed by atoms with Crippen LogP contribution in [0.4, 0.5) is 17.6 Å². The van der Waals surface area contributed by atoms with E-state index in [-0.39, 0.29) is 6.54 Å². The van der Waals surface area contributed by atoms with Crippen LogP contribution in [0.1, 0.15) is 0 Å². The third kappa shape index (κ3) is 3.36. The number of rotatable bonds is 5. The van der Waals surface area contributed by atoms with Crippen LogP contribution in [0.25, 0.3) is 0 Å². The van der Waals surface area contributed by atoms with E-state index >= 15 is 0 Å². The zero-order chi connectivity index (χ0) is 11.4. The minimum atomic E-state index is -4.58. The predicted molar refractivity (Wildman–Crippen MR) is 47.0 cm³/mol. The van der Waals surface area contributed by atoms with Crippen LogP contribution in [0.15, 0.2) is 0 Å². The summed E-state index contributed by atoms with van der Waals surface area (Å²) in [5.74, 6) is -5.98. The Morgan fingerprint density at radius 2 is 2.00 bits per heavy atom. The molecule has 0 saturated carbocycles. The van der Waals surface area contributed by atoms with Gasteiger partial charge in [-0.15, -0.1) is 0 Å². The summed E-state index contributed by atoms with van der Waals surface area (Å²) in [6.07, 6.45) is -2.23. The Bertz CT molecular complexity index is 200. The zero-order valence-corrected chi connectivity index (χ0v) is 8.58. The second kappa shape index (κ2) is 5.43. The molecule has 0 N–H and O–H groups in total. The smallest absolute Gasteiger partial charge is 0.340 e. The number of carbonyl (C=O) groups is 1. The molecule has 0 aliphatic carbocycles. The number of hydrogen-bond acceptors (Lipinski definition) is 2. The lowest BCUT2D eigenvalue weighted by Crippen LogP contribution is -2.46. The Labute approximate surface area is 83.6 Å². The second-order valence-corrected chi connectivity index (χ2v) is 3.63. The third-order valence-corrected chi connectivity index (χ3v) is 2.13. The molecule has 0 radical (unpaired) electrons. The van der Waals surface area contributed by atoms with Gasteiger partial charge in [0.1, 0.15) is 0 Å². The summed E-state index contributed by atoms with van der Waals surface area (Å²) in [4.78, 5) is 11.4. The van der Waals surface area contributed by atoms with Crippen LogP contribution < -0.4 is 0 Å². The van der Waals surface area contributed by atoms with E-state index in [0.29, 0.717) is 10.7 Å². The molecule has 84 valence electrons. The van der Waals surface area contributed by atoms with Crippen molar-refractivity contribution in [3.63, 3.8) is 0 Å². The molecule has 0 bridgehead atoms. The fourth-order valence-corrected chi connectivity index (χ4v) is 1.13. The summed E-state index contributed by atoms with van der Waals surface area (Å²) in [7, 11) is 1.08. The van der Waals surface area contributed by atoms with Gasteiger partial charge in [0, 0.05) is 19.3 Å². The largest absolute Gasteiger partial charge is 0.383 e. The van der Waals surface area contributed by atoms with Crippen LogP contribution in [-0.2, 0) is 4.79 Å². The molecule has 0 spiro atoms. The number of alkyl halides is 4. The van der Waals surface area contributed by atoms with Crippen molar-refractivity contribution in [2.24, 2.45) is 0 Å². The van der Waals surface area contributed by atoms with E-state index in [1.54, 1.807) is 6.26 Å². The average Bonchev–Trinajstić information content (AvgIpc) is 2.12. The van der Waals surface area contributed by atoms with Crippen LogP contribution in [0.2, 0.25) is 0 Å². The summed E-state index contributed by atoms with van der Waals surface area (Å²) < 4.78 is 48.4. The van der Waals surface area contributed by atoms with E-state index in [2.05, 4.69) is 0 Å². The lowest BCUT2D eigenvalue weighted by Gasteiger charge is -2.22. The molecule has 0 atom stereocenters. The van der Waals surface area contributed by atoms with Gasteiger partial charge in [-0.1, -0.05) is 0 Å². The summed E-state index contributed by atoms with van der Waals surface area (Å²) in [6.45, 7) is 0.0301. The summed E-state index contributed by atoms with van der Waals surface area (Å²) >= 11 is 1.34. The fraction of sp³-hybridized carbons (Fsp3) is 0.857. The second-order valence-electron chi connectivity index (χ2n) is 2.64. The highest BCUT2D eigenvalue weighted by molar-refractivity contribution is 7.98. The molecule has 0 aromatic heterocycles. The van der Waals surface area contributed by atoms with Crippen LogP contribution in [0.5, 0.6) is 0 Å². The summed E-state index contributed by atoms with van der Waals surface area (Å²) in [5.41, 5.74) is 0. The molecule has 0 aliphatic heterocycles. The van der Waals surface area contributed by atoms with Gasteiger partial charge in [0.15, 0.2) is 0 Å². The topological polar surface area (TPSA) is 20.3 Å². The monoisotopic (exact) mass is 233 g/mol. The van der Waals surface area contributed by atoms with Crippen LogP contribution >= 0.6 is 11.8 Å². The van der Waals surface area contributed by atoms with Gasteiger partial charge < -0.3 is 4.90 Å². The maximum absolute atomic E-state index is 12.5. The first-order valence-corrected chi connectivity index (χ1v) is 5.14. The Balaban J connectivity index is 4.30. The fourth-order valence-electron chi connectivity index (χ4n) is 0.678. The molecule has 0 heterocycles. The first kappa shape index (κ1) is 13.5. The van der Waals surface area contributed by atoms with Gasteiger partial charge in [-0.25, -0.2) is 8.78 Å². The molecular weight excluding hydrogens is 222 g/mol. The molecule has 2 nitrogen and oxygen atoms in total. The number of thioether (sulfide) groups is 1. The molecule has 7 heteroatoms. The Morgan fingerprint density at radius 1 is 1.50 bits per heavy atom. The highest BCUT2D eigenvalue weighted by atomic mass is 32.2. The number of carbonyl (C=O) groups excluding carboxylic acids is 1. The molecule has 0 unspecified atom stereocenters. The van der Waals surface area contributed by atoms with E-state index in [9.17, 15) is 22.4 Å². The van der Waals surface area contributed by atoms with Gasteiger partial charge in [-0.2, -0.15) is 20.5 Å². The average molecular weight is 233 g/mol. The van der Waals surface area contributed by atoms with E-state index < -0.39 is 18.3 Å². The summed E-state index contributed by atoms with van der Waals surface area (Å²) in [5, 5.41) is 0. The van der Waals surface area contributed by atoms with Gasteiger partial charge in [-0.3, -0.25) is 4.79 Å². The van der Waals surface area contributed by atoms with Crippen molar-refractivity contribution in [1.29, 1.82) is 0 Å². The van der Waals surface area contributed by atoms with Crippen molar-refractivity contribution < 1.29 is 22.4 Å². The molecule has 0 saturated heterocycles. The quantitative estimate of drug-likeness (QED) is 0.674. The molecule has 0 rings (SSSR count). The van der Waals surface area contributed by atoms with Crippen molar-refractivity contribution in [2.75, 3.05) is 25.6 Å². The summed E-state index contributed by atoms with van der Waals surface area (Å²) in [6, 6.07) is 0. The molecule has 1 amide bonds. The maximum Gasteiger partial charge on any atom is 0.383 e. The van der Waals surface area contributed by atoms with Gasteiger partial charge in [0.05, 0.1) is 0 Å². The Morgan fingerprint density at radius 3 is 2.36 bits per heavy atom. The van der Waals surface area contributed by atoms with Crippen molar-refractivity contribution in [1.82, 2.24) is 4.90 Å². The Hall–Kier alpha value is -0.460. The maximum atomic E-state index is 12.5. The number of halogens is 4. The van der Waals surface area contributed by atoms with Gasteiger partial charge in [0.2, 0.25) is 0 Å². The minimum absolute atomic E-state index is 0.0301. The minimum Gasteiger partial charge on any atom is -0.340 e. The predicted octanol–water partition coefficient (Wildman–Crippen LogP) is 1.71. The van der Waals surface area contributed by atoms with Crippen LogP contribution in [-0.4, -0.2) is 48.8 Å². The zero-order valence-electron chi connectivity index (χ0n) is 7.77. The first-order valence-electron chi connectivity index (χ1n) is 3.74. The highest BCUT2D eigenvalue weighted by Gasteiger charge is 2.50. The SMILES string of the molecule is CSCCN(C)C(=O)C(F)(F)C(F)F. The molecule has 0 aromatic carbocycles. The third-order valence-electron chi connectivity index (χ3n) is 1.54. The first-order chi connectivity index (χ1) is 6.34. The van der Waals surface area contributed by atoms with Gasteiger partial charge in [-0.05, 0) is 6.26 Å². The van der Waals surface area contributed by atoms with Crippen LogP contribution in [0, 0.1) is 0 Å². The normalized spacial score (nSPS) is 11.9. The van der Waals surface area contributed by atoms with E-state index in [1.165, 1.54) is 11.8 Å². The van der Waals surface area contributed by atoms with Crippen molar-refractivity contribution in [3.05, 3.63) is 0 Å². The number of nitrogens with zero attached hydrogens (tertiary/aromatic N) is 1. The van der Waals surface area contributed by atoms with Crippen molar-refractivity contribution in [2.45, 2.75) is 12.3 Å². The number of hydrogen-bond donors (Lipinski definition) is 0. The molecule has 14 heavy (non-hydrogen) atoms. The molecular formula is C7H11F4NOS. The lowest BCUT2D eigenvalue weighted by atomic mass is 10.3. The highest BCUT2D eigenvalue weighted by Crippen LogP contribution is 2.24. The van der Waals surface area contributed by atoms with Crippen molar-refractivity contribution >= 4 is 17.7 Å². The molecule has 0 fully saturated rings. The van der Waals surface area contributed by atoms with E-state index in [0.717, 1.165) is 7.05 Å². The standard InChI is InChI=1S/C7H11F4NOS/c1-12(3-4-14-2)6(13)7(10,11)5(8)9/h5H,3-4H2,1-2H3. The van der Waals surface area contributed by atoms with Crippen LogP contribution in [0.3, 0.4) is 0 Å². The van der Waals surface area contributed by atoms with Gasteiger partial charge >= 0.3 is 12.3 Å². The van der Waals surface area contributed by atoms with Crippen molar-refractivity contribution in [3.8, 4) is 0 Å². The van der Waals surface area contributed by atoms with Gasteiger partial charge in [0.25, 0.3) is 5.91 Å².